The van der Waals surface area contributed by atoms with Crippen molar-refractivity contribution in [1.82, 2.24) is 0 Å². The molecular weight excluding hydrogens is 434 g/mol. The van der Waals surface area contributed by atoms with Crippen molar-refractivity contribution >= 4 is 34.8 Å². The summed E-state index contributed by atoms with van der Waals surface area (Å²) in [5.74, 6) is -0.482. The third kappa shape index (κ3) is 4.41. The van der Waals surface area contributed by atoms with Crippen LogP contribution >= 0.6 is 11.6 Å². The van der Waals surface area contributed by atoms with Crippen LogP contribution in [-0.2, 0) is 17.6 Å². The minimum Gasteiger partial charge on any atom is -0.489 e. The molecule has 3 nitrogen and oxygen atoms in total. The first-order chi connectivity index (χ1) is 14.7. The van der Waals surface area contributed by atoms with Crippen LogP contribution in [0.2, 0.25) is 5.02 Å². The number of carbonyl (C=O) groups excluding carboxylic acids is 1. The Hall–Kier alpha value is -3.32. The Labute approximate surface area is 179 Å². The first kappa shape index (κ1) is 20.9. The van der Waals surface area contributed by atoms with Crippen LogP contribution in [0.5, 0.6) is 5.75 Å². The lowest BCUT2D eigenvalue weighted by Crippen LogP contribution is -2.06. The zero-order valence-electron chi connectivity index (χ0n) is 15.8. The molecule has 1 aliphatic heterocycles. The van der Waals surface area contributed by atoms with Crippen molar-refractivity contribution in [2.45, 2.75) is 12.8 Å². The van der Waals surface area contributed by atoms with Gasteiger partial charge in [-0.15, -0.1) is 0 Å². The molecule has 0 saturated carbocycles. The van der Waals surface area contributed by atoms with Gasteiger partial charge in [0, 0.05) is 22.4 Å². The van der Waals surface area contributed by atoms with Gasteiger partial charge in [-0.2, -0.15) is 13.2 Å². The fourth-order valence-corrected chi connectivity index (χ4v) is 3.38. The molecule has 0 radical (unpaired) electrons. The molecule has 0 unspecified atom stereocenters. The second-order valence-electron chi connectivity index (χ2n) is 6.83. The van der Waals surface area contributed by atoms with Gasteiger partial charge in [0.25, 0.3) is 5.91 Å². The molecular formula is C23H14ClF4NO2. The molecule has 0 saturated heterocycles. The van der Waals surface area contributed by atoms with Gasteiger partial charge in [0.1, 0.15) is 18.2 Å². The van der Waals surface area contributed by atoms with Crippen molar-refractivity contribution in [1.29, 1.82) is 0 Å². The van der Waals surface area contributed by atoms with Crippen LogP contribution in [0.3, 0.4) is 0 Å². The summed E-state index contributed by atoms with van der Waals surface area (Å²) in [6.07, 6.45) is -2.92. The molecule has 3 aromatic rings. The van der Waals surface area contributed by atoms with Gasteiger partial charge < -0.3 is 10.1 Å². The summed E-state index contributed by atoms with van der Waals surface area (Å²) in [4.78, 5) is 12.3. The molecule has 1 N–H and O–H groups in total. The molecule has 0 fully saturated rings. The number of nitrogens with one attached hydrogen (secondary N) is 1. The summed E-state index contributed by atoms with van der Waals surface area (Å²) in [6.45, 7) is -0.0523. The number of alkyl halides is 3. The molecule has 31 heavy (non-hydrogen) atoms. The Morgan fingerprint density at radius 1 is 1.03 bits per heavy atom. The van der Waals surface area contributed by atoms with Crippen molar-refractivity contribution in [3.05, 3.63) is 93.8 Å². The van der Waals surface area contributed by atoms with E-state index in [0.29, 0.717) is 16.9 Å². The Morgan fingerprint density at radius 3 is 2.45 bits per heavy atom. The van der Waals surface area contributed by atoms with E-state index in [4.69, 9.17) is 16.3 Å². The van der Waals surface area contributed by atoms with E-state index in [1.165, 1.54) is 18.2 Å². The topological polar surface area (TPSA) is 38.3 Å². The van der Waals surface area contributed by atoms with Crippen molar-refractivity contribution in [2.75, 3.05) is 5.32 Å². The molecule has 1 heterocycles. The minimum atomic E-state index is -4.49. The fourth-order valence-electron chi connectivity index (χ4n) is 3.17. The van der Waals surface area contributed by atoms with Gasteiger partial charge in [-0.1, -0.05) is 35.9 Å². The number of hydrogen-bond acceptors (Lipinski definition) is 2. The normalized spacial score (nSPS) is 14.5. The van der Waals surface area contributed by atoms with Gasteiger partial charge >= 0.3 is 6.18 Å². The largest absolute Gasteiger partial charge is 0.489 e. The maximum Gasteiger partial charge on any atom is 0.416 e. The van der Waals surface area contributed by atoms with Crippen molar-refractivity contribution in [3.8, 4) is 5.75 Å². The van der Waals surface area contributed by atoms with Crippen LogP contribution < -0.4 is 10.1 Å². The molecule has 0 atom stereocenters. The number of amides is 1. The molecule has 4 rings (SSSR count). The number of anilines is 1. The van der Waals surface area contributed by atoms with Gasteiger partial charge in [0.05, 0.1) is 10.6 Å². The third-order valence-corrected chi connectivity index (χ3v) is 5.12. The lowest BCUT2D eigenvalue weighted by atomic mass is 10.0. The Kier molecular flexibility index (Phi) is 5.45. The predicted molar refractivity (Wildman–Crippen MR) is 110 cm³/mol. The Bertz CT molecular complexity index is 1170. The van der Waals surface area contributed by atoms with E-state index in [1.54, 1.807) is 36.4 Å². The van der Waals surface area contributed by atoms with Crippen molar-refractivity contribution in [3.63, 3.8) is 0 Å². The average molecular weight is 448 g/mol. The molecule has 8 heteroatoms. The summed E-state index contributed by atoms with van der Waals surface area (Å²) in [5.41, 5.74) is 0.835. The quantitative estimate of drug-likeness (QED) is 0.363. The number of halogens is 5. The summed E-state index contributed by atoms with van der Waals surface area (Å²) in [7, 11) is 0. The van der Waals surface area contributed by atoms with E-state index in [1.807, 2.05) is 0 Å². The summed E-state index contributed by atoms with van der Waals surface area (Å²) < 4.78 is 58.0. The third-order valence-electron chi connectivity index (χ3n) is 4.77. The van der Waals surface area contributed by atoms with Crippen LogP contribution in [0.4, 0.5) is 23.2 Å². The van der Waals surface area contributed by atoms with Crippen LogP contribution in [0.15, 0.2) is 60.7 Å². The number of fused-ring (bicyclic) bond motifs is 1. The lowest BCUT2D eigenvalue weighted by molar-refractivity contribution is -0.137. The first-order valence-corrected chi connectivity index (χ1v) is 9.50. The van der Waals surface area contributed by atoms with Gasteiger partial charge in [-0.05, 0) is 48.0 Å². The van der Waals surface area contributed by atoms with Crippen molar-refractivity contribution < 1.29 is 27.1 Å². The maximum atomic E-state index is 13.8. The zero-order valence-corrected chi connectivity index (χ0v) is 16.5. The van der Waals surface area contributed by atoms with E-state index in [0.717, 1.165) is 12.1 Å². The Morgan fingerprint density at radius 2 is 1.77 bits per heavy atom. The highest BCUT2D eigenvalue weighted by Gasteiger charge is 2.33. The minimum absolute atomic E-state index is 0.0523. The SMILES string of the molecule is O=C1Nc2cc(C(F)(F)F)ccc2/C1=C\c1ccc(OCc2c(F)cccc2Cl)cc1. The van der Waals surface area contributed by atoms with Crippen LogP contribution in [0.1, 0.15) is 22.3 Å². The number of carbonyl (C=O) groups is 1. The van der Waals surface area contributed by atoms with Crippen LogP contribution in [0.25, 0.3) is 11.6 Å². The summed E-state index contributed by atoms with van der Waals surface area (Å²) >= 11 is 5.98. The van der Waals surface area contributed by atoms with Gasteiger partial charge in [-0.3, -0.25) is 4.79 Å². The molecule has 1 amide bonds. The van der Waals surface area contributed by atoms with E-state index < -0.39 is 23.5 Å². The molecule has 158 valence electrons. The predicted octanol–water partition coefficient (Wildman–Crippen LogP) is 6.57. The number of hydrogen-bond donors (Lipinski definition) is 1. The maximum absolute atomic E-state index is 13.8. The second kappa shape index (κ2) is 8.07. The number of benzene rings is 3. The van der Waals surface area contributed by atoms with E-state index in [-0.39, 0.29) is 28.5 Å². The summed E-state index contributed by atoms with van der Waals surface area (Å²) in [5, 5.41) is 2.73. The van der Waals surface area contributed by atoms with Crippen LogP contribution in [0, 0.1) is 5.82 Å². The highest BCUT2D eigenvalue weighted by Crippen LogP contribution is 2.38. The molecule has 0 aromatic heterocycles. The molecule has 0 aliphatic carbocycles. The fraction of sp³-hybridized carbons (Fsp3) is 0.0870. The van der Waals surface area contributed by atoms with E-state index in [9.17, 15) is 22.4 Å². The number of ether oxygens (including phenoxy) is 1. The van der Waals surface area contributed by atoms with Gasteiger partial charge in [0.15, 0.2) is 0 Å². The van der Waals surface area contributed by atoms with Crippen molar-refractivity contribution in [2.24, 2.45) is 0 Å². The molecule has 1 aliphatic rings. The highest BCUT2D eigenvalue weighted by atomic mass is 35.5. The van der Waals surface area contributed by atoms with Gasteiger partial charge in [0.2, 0.25) is 0 Å². The van der Waals surface area contributed by atoms with E-state index >= 15 is 0 Å². The monoisotopic (exact) mass is 447 g/mol. The second-order valence-corrected chi connectivity index (χ2v) is 7.24. The smallest absolute Gasteiger partial charge is 0.416 e. The standard InChI is InChI=1S/C23H14ClF4NO2/c24-19-2-1-3-20(25)18(19)12-31-15-7-4-13(5-8-15)10-17-16-9-6-14(23(26,27)28)11-21(16)29-22(17)30/h1-11H,12H2,(H,29,30)/b17-10+. The molecule has 0 spiro atoms. The zero-order chi connectivity index (χ0) is 22.2. The molecule has 0 bridgehead atoms. The molecule has 3 aromatic carbocycles. The lowest BCUT2D eigenvalue weighted by Gasteiger charge is -2.09. The highest BCUT2D eigenvalue weighted by molar-refractivity contribution is 6.35. The Balaban J connectivity index is 1.52. The van der Waals surface area contributed by atoms with E-state index in [2.05, 4.69) is 5.32 Å². The number of rotatable bonds is 4. The average Bonchev–Trinajstić information content (AvgIpc) is 3.02. The van der Waals surface area contributed by atoms with Crippen LogP contribution in [-0.4, -0.2) is 5.91 Å². The summed E-state index contributed by atoms with van der Waals surface area (Å²) in [6, 6.07) is 14.1. The van der Waals surface area contributed by atoms with Gasteiger partial charge in [-0.25, -0.2) is 4.39 Å². The first-order valence-electron chi connectivity index (χ1n) is 9.13.